The highest BCUT2D eigenvalue weighted by atomic mass is 16.5. The molecule has 0 unspecified atom stereocenters. The van der Waals surface area contributed by atoms with E-state index < -0.39 is 11.9 Å². The normalized spacial score (nSPS) is 12.7. The second kappa shape index (κ2) is 6.87. The molecule has 7 heteroatoms. The molecule has 0 aromatic heterocycles. The van der Waals surface area contributed by atoms with Crippen LogP contribution in [0.15, 0.2) is 29.5 Å². The van der Waals surface area contributed by atoms with Crippen LogP contribution in [0, 0.1) is 0 Å². The molecule has 1 aromatic rings. The van der Waals surface area contributed by atoms with Crippen molar-refractivity contribution in [2.45, 2.75) is 0 Å². The van der Waals surface area contributed by atoms with Crippen molar-refractivity contribution in [2.24, 2.45) is 0 Å². The Hall–Kier alpha value is -2.96. The van der Waals surface area contributed by atoms with E-state index in [2.05, 4.69) is 5.32 Å². The predicted molar refractivity (Wildman–Crippen MR) is 83.3 cm³/mol. The lowest BCUT2D eigenvalue weighted by atomic mass is 10.1. The highest BCUT2D eigenvalue weighted by Crippen LogP contribution is 2.40. The first-order valence-corrected chi connectivity index (χ1v) is 6.67. The van der Waals surface area contributed by atoms with Crippen molar-refractivity contribution in [2.75, 3.05) is 33.8 Å². The molecule has 0 saturated heterocycles. The van der Waals surface area contributed by atoms with Crippen molar-refractivity contribution in [1.82, 2.24) is 0 Å². The number of anilines is 1. The van der Waals surface area contributed by atoms with Gasteiger partial charge in [-0.15, -0.1) is 0 Å². The average molecular weight is 319 g/mol. The van der Waals surface area contributed by atoms with Crippen LogP contribution in [0.4, 0.5) is 5.69 Å². The third kappa shape index (κ3) is 3.13. The van der Waals surface area contributed by atoms with Gasteiger partial charge in [-0.2, -0.15) is 0 Å². The van der Waals surface area contributed by atoms with E-state index in [0.717, 1.165) is 0 Å². The molecule has 1 heterocycles. The summed E-state index contributed by atoms with van der Waals surface area (Å²) in [6.07, 6.45) is 2.95. The average Bonchev–Trinajstić information content (AvgIpc) is 2.78. The highest BCUT2D eigenvalue weighted by molar-refractivity contribution is 6.04. The summed E-state index contributed by atoms with van der Waals surface area (Å²) in [5.41, 5.74) is 1.40. The maximum Gasteiger partial charge on any atom is 0.354 e. The molecule has 7 nitrogen and oxygen atoms in total. The van der Waals surface area contributed by atoms with Crippen molar-refractivity contribution in [3.05, 3.63) is 35.0 Å². The Morgan fingerprint density at radius 1 is 0.913 bits per heavy atom. The second-order valence-electron chi connectivity index (χ2n) is 4.53. The van der Waals surface area contributed by atoms with Gasteiger partial charge in [-0.1, -0.05) is 0 Å². The summed E-state index contributed by atoms with van der Waals surface area (Å²) < 4.78 is 20.1. The first kappa shape index (κ1) is 16.4. The van der Waals surface area contributed by atoms with E-state index in [1.54, 1.807) is 18.2 Å². The molecule has 1 aliphatic heterocycles. The van der Waals surface area contributed by atoms with Crippen LogP contribution in [-0.4, -0.2) is 40.4 Å². The molecule has 0 bridgehead atoms. The quantitative estimate of drug-likeness (QED) is 0.846. The molecule has 0 spiro atoms. The fourth-order valence-corrected chi connectivity index (χ4v) is 2.18. The van der Waals surface area contributed by atoms with Gasteiger partial charge in [-0.3, -0.25) is 0 Å². The maximum atomic E-state index is 11.9. The lowest BCUT2D eigenvalue weighted by Gasteiger charge is -2.16. The molecule has 122 valence electrons. The number of hydrogen-bond acceptors (Lipinski definition) is 7. The van der Waals surface area contributed by atoms with E-state index in [-0.39, 0.29) is 11.3 Å². The molecule has 0 radical (unpaired) electrons. The largest absolute Gasteiger partial charge is 0.493 e. The first-order valence-electron chi connectivity index (χ1n) is 6.67. The SMILES string of the molecule is COC(=O)C1=Cc2ccc(OC)c(OC)c2NC(C(=O)OC)=C1. The van der Waals surface area contributed by atoms with Crippen LogP contribution in [-0.2, 0) is 19.1 Å². The molecule has 0 fully saturated rings. The van der Waals surface area contributed by atoms with Crippen LogP contribution in [0.3, 0.4) is 0 Å². The number of benzene rings is 1. The Labute approximate surface area is 133 Å². The van der Waals surface area contributed by atoms with Crippen LogP contribution in [0.5, 0.6) is 11.5 Å². The predicted octanol–water partition coefficient (Wildman–Crippen LogP) is 1.74. The number of hydrogen-bond donors (Lipinski definition) is 1. The van der Waals surface area contributed by atoms with E-state index in [0.29, 0.717) is 22.7 Å². The van der Waals surface area contributed by atoms with Gasteiger partial charge in [0.05, 0.1) is 39.7 Å². The number of esters is 2. The number of rotatable bonds is 4. The summed E-state index contributed by atoms with van der Waals surface area (Å²) >= 11 is 0. The Morgan fingerprint density at radius 2 is 1.61 bits per heavy atom. The zero-order chi connectivity index (χ0) is 17.0. The molecule has 23 heavy (non-hydrogen) atoms. The summed E-state index contributed by atoms with van der Waals surface area (Å²) in [6.45, 7) is 0. The molecule has 1 aromatic carbocycles. The van der Waals surface area contributed by atoms with Gasteiger partial charge in [0, 0.05) is 5.56 Å². The van der Waals surface area contributed by atoms with Gasteiger partial charge in [-0.25, -0.2) is 9.59 Å². The molecular formula is C16H17NO6. The zero-order valence-electron chi connectivity index (χ0n) is 13.3. The number of nitrogens with one attached hydrogen (secondary N) is 1. The summed E-state index contributed by atoms with van der Waals surface area (Å²) in [6, 6.07) is 3.44. The van der Waals surface area contributed by atoms with Crippen LogP contribution < -0.4 is 14.8 Å². The summed E-state index contributed by atoms with van der Waals surface area (Å²) in [5, 5.41) is 2.94. The molecular weight excluding hydrogens is 302 g/mol. The minimum absolute atomic E-state index is 0.0782. The Kier molecular flexibility index (Phi) is 4.90. The van der Waals surface area contributed by atoms with Gasteiger partial charge in [0.1, 0.15) is 5.70 Å². The Balaban J connectivity index is 2.67. The lowest BCUT2D eigenvalue weighted by Crippen LogP contribution is -2.14. The van der Waals surface area contributed by atoms with Crippen molar-refractivity contribution in [1.29, 1.82) is 0 Å². The van der Waals surface area contributed by atoms with E-state index >= 15 is 0 Å². The second-order valence-corrected chi connectivity index (χ2v) is 4.53. The molecule has 0 amide bonds. The Morgan fingerprint density at radius 3 is 2.17 bits per heavy atom. The van der Waals surface area contributed by atoms with Crippen molar-refractivity contribution >= 4 is 23.7 Å². The standard InChI is InChI=1S/C16H17NO6/c1-20-12-6-5-9-7-10(15(18)22-3)8-11(16(19)23-4)17-13(9)14(12)21-2/h5-8,17H,1-4H3. The Bertz CT molecular complexity index is 705. The minimum Gasteiger partial charge on any atom is -0.493 e. The maximum absolute atomic E-state index is 11.9. The van der Waals surface area contributed by atoms with Gasteiger partial charge >= 0.3 is 11.9 Å². The third-order valence-electron chi connectivity index (χ3n) is 3.27. The third-order valence-corrected chi connectivity index (χ3v) is 3.27. The van der Waals surface area contributed by atoms with Gasteiger partial charge < -0.3 is 24.3 Å². The molecule has 1 aliphatic rings. The van der Waals surface area contributed by atoms with E-state index in [1.807, 2.05) is 0 Å². The van der Waals surface area contributed by atoms with Gasteiger partial charge in [-0.05, 0) is 24.3 Å². The van der Waals surface area contributed by atoms with Crippen molar-refractivity contribution in [3.63, 3.8) is 0 Å². The number of ether oxygens (including phenoxy) is 4. The fourth-order valence-electron chi connectivity index (χ4n) is 2.18. The number of fused-ring (bicyclic) bond motifs is 1. The van der Waals surface area contributed by atoms with Crippen molar-refractivity contribution < 1.29 is 28.5 Å². The fraction of sp³-hybridized carbons (Fsp3) is 0.250. The van der Waals surface area contributed by atoms with E-state index in [1.165, 1.54) is 34.5 Å². The van der Waals surface area contributed by atoms with Crippen LogP contribution in [0.1, 0.15) is 5.56 Å². The zero-order valence-corrected chi connectivity index (χ0v) is 13.3. The first-order chi connectivity index (χ1) is 11.0. The van der Waals surface area contributed by atoms with Gasteiger partial charge in [0.25, 0.3) is 0 Å². The number of carbonyl (C=O) groups excluding carboxylic acids is 2. The molecule has 0 atom stereocenters. The highest BCUT2D eigenvalue weighted by Gasteiger charge is 2.23. The smallest absolute Gasteiger partial charge is 0.354 e. The van der Waals surface area contributed by atoms with E-state index in [4.69, 9.17) is 18.9 Å². The molecule has 0 aliphatic carbocycles. The van der Waals surface area contributed by atoms with Crippen LogP contribution >= 0.6 is 0 Å². The minimum atomic E-state index is -0.627. The van der Waals surface area contributed by atoms with Gasteiger partial charge in [0.2, 0.25) is 0 Å². The van der Waals surface area contributed by atoms with Gasteiger partial charge in [0.15, 0.2) is 11.5 Å². The molecule has 1 N–H and O–H groups in total. The van der Waals surface area contributed by atoms with Crippen molar-refractivity contribution in [3.8, 4) is 11.5 Å². The number of methoxy groups -OCH3 is 4. The van der Waals surface area contributed by atoms with E-state index in [9.17, 15) is 9.59 Å². The monoisotopic (exact) mass is 319 g/mol. The van der Waals surface area contributed by atoms with Crippen LogP contribution in [0.2, 0.25) is 0 Å². The molecule has 0 saturated carbocycles. The number of carbonyl (C=O) groups is 2. The topological polar surface area (TPSA) is 83.1 Å². The lowest BCUT2D eigenvalue weighted by molar-refractivity contribution is -0.136. The summed E-state index contributed by atoms with van der Waals surface area (Å²) in [7, 11) is 5.51. The summed E-state index contributed by atoms with van der Waals surface area (Å²) in [4.78, 5) is 23.8. The summed E-state index contributed by atoms with van der Waals surface area (Å²) in [5.74, 6) is -0.312. The molecule has 2 rings (SSSR count). The van der Waals surface area contributed by atoms with Crippen LogP contribution in [0.25, 0.3) is 6.08 Å².